The van der Waals surface area contributed by atoms with Crippen LogP contribution in [0.3, 0.4) is 0 Å². The lowest BCUT2D eigenvalue weighted by Gasteiger charge is -2.25. The molecule has 3 aliphatic rings. The number of aryl methyl sites for hydroxylation is 2. The Hall–Kier alpha value is -1.69. The molecule has 2 atom stereocenters. The van der Waals surface area contributed by atoms with E-state index in [0.717, 1.165) is 49.9 Å². The minimum absolute atomic E-state index is 0.116. The van der Waals surface area contributed by atoms with Crippen LogP contribution in [0.4, 0.5) is 5.82 Å². The molecule has 6 heteroatoms. The normalized spacial score (nSPS) is 26.9. The monoisotopic (exact) mass is 358 g/mol. The van der Waals surface area contributed by atoms with Crippen molar-refractivity contribution in [1.82, 2.24) is 15.3 Å². The van der Waals surface area contributed by atoms with Crippen molar-refractivity contribution in [2.45, 2.75) is 52.0 Å². The van der Waals surface area contributed by atoms with Gasteiger partial charge >= 0.3 is 0 Å². The number of ether oxygens (including phenoxy) is 1. The summed E-state index contributed by atoms with van der Waals surface area (Å²) in [5.74, 6) is 3.51. The van der Waals surface area contributed by atoms with Gasteiger partial charge < -0.3 is 15.0 Å². The number of nitrogens with one attached hydrogen (secondary N) is 1. The Morgan fingerprint density at radius 1 is 1.27 bits per heavy atom. The number of rotatable bonds is 5. The molecule has 142 valence electrons. The summed E-state index contributed by atoms with van der Waals surface area (Å²) < 4.78 is 5.40. The molecule has 2 saturated heterocycles. The first-order valence-electron chi connectivity index (χ1n) is 10.1. The summed E-state index contributed by atoms with van der Waals surface area (Å²) in [4.78, 5) is 24.2. The molecule has 0 bridgehead atoms. The number of aromatic nitrogens is 2. The maximum absolute atomic E-state index is 12.8. The first kappa shape index (κ1) is 17.7. The average Bonchev–Trinajstić information content (AvgIpc) is 3.43. The van der Waals surface area contributed by atoms with E-state index in [2.05, 4.69) is 22.1 Å². The zero-order valence-electron chi connectivity index (χ0n) is 15.9. The van der Waals surface area contributed by atoms with Gasteiger partial charge in [0.05, 0.1) is 6.04 Å². The van der Waals surface area contributed by atoms with Crippen molar-refractivity contribution in [3.05, 3.63) is 17.6 Å². The molecule has 0 spiro atoms. The van der Waals surface area contributed by atoms with Crippen molar-refractivity contribution >= 4 is 11.7 Å². The SMILES string of the molecule is CCc1cnc(C)nc1N1C[C@H](NC(=O)C2CCOCC2)[C@@H](C2CC2)C1. The van der Waals surface area contributed by atoms with Crippen molar-refractivity contribution in [3.8, 4) is 0 Å². The van der Waals surface area contributed by atoms with Gasteiger partial charge in [0.2, 0.25) is 5.91 Å². The van der Waals surface area contributed by atoms with Gasteiger partial charge in [-0.2, -0.15) is 0 Å². The van der Waals surface area contributed by atoms with E-state index < -0.39 is 0 Å². The molecule has 1 aromatic heterocycles. The second-order valence-corrected chi connectivity index (χ2v) is 8.03. The maximum Gasteiger partial charge on any atom is 0.223 e. The molecule has 2 aliphatic heterocycles. The lowest BCUT2D eigenvalue weighted by Crippen LogP contribution is -2.45. The van der Waals surface area contributed by atoms with Crippen LogP contribution >= 0.6 is 0 Å². The number of hydrogen-bond donors (Lipinski definition) is 1. The predicted molar refractivity (Wildman–Crippen MR) is 100 cm³/mol. The molecule has 3 fully saturated rings. The van der Waals surface area contributed by atoms with Gasteiger partial charge in [-0.15, -0.1) is 0 Å². The second kappa shape index (κ2) is 7.51. The standard InChI is InChI=1S/C20H30N4O2/c1-3-14-10-21-13(2)22-19(14)24-11-17(15-4-5-15)18(12-24)23-20(25)16-6-8-26-9-7-16/h10,15-18H,3-9,11-12H2,1-2H3,(H,23,25)/t17-,18+/m1/s1. The Morgan fingerprint density at radius 3 is 2.73 bits per heavy atom. The van der Waals surface area contributed by atoms with E-state index in [1.54, 1.807) is 0 Å². The summed E-state index contributed by atoms with van der Waals surface area (Å²) in [6.45, 7) is 7.37. The van der Waals surface area contributed by atoms with Crippen LogP contribution in [0.1, 0.15) is 44.0 Å². The Labute approximate surface area is 155 Å². The molecule has 26 heavy (non-hydrogen) atoms. The van der Waals surface area contributed by atoms with Crippen LogP contribution in [0.15, 0.2) is 6.20 Å². The first-order chi connectivity index (χ1) is 12.7. The van der Waals surface area contributed by atoms with Crippen LogP contribution < -0.4 is 10.2 Å². The topological polar surface area (TPSA) is 67.4 Å². The van der Waals surface area contributed by atoms with Crippen LogP contribution in [-0.2, 0) is 16.0 Å². The van der Waals surface area contributed by atoms with Gasteiger partial charge in [0.1, 0.15) is 11.6 Å². The van der Waals surface area contributed by atoms with Crippen molar-refractivity contribution in [2.75, 3.05) is 31.2 Å². The van der Waals surface area contributed by atoms with Crippen LogP contribution in [0.25, 0.3) is 0 Å². The Kier molecular flexibility index (Phi) is 5.11. The summed E-state index contributed by atoms with van der Waals surface area (Å²) in [6.07, 6.45) is 7.18. The van der Waals surface area contributed by atoms with E-state index in [1.807, 2.05) is 13.1 Å². The molecule has 0 aromatic carbocycles. The molecular weight excluding hydrogens is 328 g/mol. The quantitative estimate of drug-likeness (QED) is 0.873. The second-order valence-electron chi connectivity index (χ2n) is 8.03. The van der Waals surface area contributed by atoms with Crippen LogP contribution in [0.2, 0.25) is 0 Å². The predicted octanol–water partition coefficient (Wildman–Crippen LogP) is 2.11. The highest BCUT2D eigenvalue weighted by Gasteiger charge is 2.44. The Balaban J connectivity index is 1.48. The smallest absolute Gasteiger partial charge is 0.223 e. The highest BCUT2D eigenvalue weighted by Crippen LogP contribution is 2.42. The maximum atomic E-state index is 12.8. The fourth-order valence-electron chi connectivity index (χ4n) is 4.42. The van der Waals surface area contributed by atoms with E-state index in [1.165, 1.54) is 18.4 Å². The minimum Gasteiger partial charge on any atom is -0.381 e. The van der Waals surface area contributed by atoms with E-state index in [-0.39, 0.29) is 17.9 Å². The van der Waals surface area contributed by atoms with Gasteiger partial charge in [0, 0.05) is 49.9 Å². The van der Waals surface area contributed by atoms with Crippen LogP contribution in [-0.4, -0.2) is 48.2 Å². The van der Waals surface area contributed by atoms with Crippen molar-refractivity contribution in [1.29, 1.82) is 0 Å². The number of carbonyl (C=O) groups excluding carboxylic acids is 1. The van der Waals surface area contributed by atoms with Gasteiger partial charge in [0.25, 0.3) is 0 Å². The summed E-state index contributed by atoms with van der Waals surface area (Å²) >= 11 is 0. The van der Waals surface area contributed by atoms with Crippen LogP contribution in [0, 0.1) is 24.7 Å². The summed E-state index contributed by atoms with van der Waals surface area (Å²) in [6, 6.07) is 0.234. The lowest BCUT2D eigenvalue weighted by molar-refractivity contribution is -0.128. The molecule has 0 radical (unpaired) electrons. The van der Waals surface area contributed by atoms with E-state index in [4.69, 9.17) is 9.72 Å². The van der Waals surface area contributed by atoms with Gasteiger partial charge in [-0.25, -0.2) is 9.97 Å². The molecule has 0 unspecified atom stereocenters. The number of amides is 1. The molecular formula is C20H30N4O2. The van der Waals surface area contributed by atoms with E-state index >= 15 is 0 Å². The third-order valence-electron chi connectivity index (χ3n) is 6.15. The molecule has 4 rings (SSSR count). The average molecular weight is 358 g/mol. The first-order valence-corrected chi connectivity index (χ1v) is 10.1. The van der Waals surface area contributed by atoms with Crippen molar-refractivity contribution in [2.24, 2.45) is 17.8 Å². The van der Waals surface area contributed by atoms with Gasteiger partial charge in [-0.1, -0.05) is 6.92 Å². The summed E-state index contributed by atoms with van der Waals surface area (Å²) in [7, 11) is 0. The molecule has 1 saturated carbocycles. The third-order valence-corrected chi connectivity index (χ3v) is 6.15. The van der Waals surface area contributed by atoms with Crippen LogP contribution in [0.5, 0.6) is 0 Å². The molecule has 3 heterocycles. The zero-order valence-corrected chi connectivity index (χ0v) is 15.9. The number of hydrogen-bond acceptors (Lipinski definition) is 5. The molecule has 6 nitrogen and oxygen atoms in total. The minimum atomic E-state index is 0.116. The number of nitrogens with zero attached hydrogens (tertiary/aromatic N) is 3. The zero-order chi connectivity index (χ0) is 18.1. The summed E-state index contributed by atoms with van der Waals surface area (Å²) in [5, 5.41) is 3.39. The van der Waals surface area contributed by atoms with Crippen molar-refractivity contribution < 1.29 is 9.53 Å². The highest BCUT2D eigenvalue weighted by atomic mass is 16.5. The fraction of sp³-hybridized carbons (Fsp3) is 0.750. The Bertz CT molecular complexity index is 655. The number of carbonyl (C=O) groups is 1. The lowest BCUT2D eigenvalue weighted by atomic mass is 9.95. The van der Waals surface area contributed by atoms with Gasteiger partial charge in [-0.05, 0) is 44.9 Å². The largest absolute Gasteiger partial charge is 0.381 e. The van der Waals surface area contributed by atoms with Gasteiger partial charge in [0.15, 0.2) is 0 Å². The molecule has 1 amide bonds. The Morgan fingerprint density at radius 2 is 2.04 bits per heavy atom. The van der Waals surface area contributed by atoms with Crippen molar-refractivity contribution in [3.63, 3.8) is 0 Å². The fourth-order valence-corrected chi connectivity index (χ4v) is 4.42. The molecule has 1 aliphatic carbocycles. The third kappa shape index (κ3) is 3.70. The number of anilines is 1. The summed E-state index contributed by atoms with van der Waals surface area (Å²) in [5.41, 5.74) is 1.20. The molecule has 1 aromatic rings. The van der Waals surface area contributed by atoms with Gasteiger partial charge in [-0.3, -0.25) is 4.79 Å². The molecule has 1 N–H and O–H groups in total. The van der Waals surface area contributed by atoms with E-state index in [0.29, 0.717) is 19.1 Å². The highest BCUT2D eigenvalue weighted by molar-refractivity contribution is 5.79. The van der Waals surface area contributed by atoms with E-state index in [9.17, 15) is 4.79 Å².